The number of piperidine rings is 1. The zero-order valence-corrected chi connectivity index (χ0v) is 15.5. The van der Waals surface area contributed by atoms with Crippen LogP contribution in [0, 0.1) is 11.8 Å². The quantitative estimate of drug-likeness (QED) is 0.727. The molecule has 2 fully saturated rings. The SMILES string of the molecule is C=CCN(C(=O)CC(C)C1CCCNC1)C1CCS(=O)(=O)C1.Cl. The molecule has 0 aliphatic carbocycles. The van der Waals surface area contributed by atoms with E-state index in [9.17, 15) is 13.2 Å². The third-order valence-electron chi connectivity index (χ3n) is 4.93. The van der Waals surface area contributed by atoms with E-state index in [0.717, 1.165) is 13.1 Å². The van der Waals surface area contributed by atoms with Gasteiger partial charge in [-0.1, -0.05) is 13.0 Å². The Morgan fingerprint density at radius 2 is 2.17 bits per heavy atom. The zero-order chi connectivity index (χ0) is 16.2. The molecule has 23 heavy (non-hydrogen) atoms. The Hall–Kier alpha value is -0.590. The number of hydrogen-bond donors (Lipinski definition) is 1. The molecule has 5 nitrogen and oxygen atoms in total. The molecule has 2 heterocycles. The molecule has 2 rings (SSSR count). The van der Waals surface area contributed by atoms with Gasteiger partial charge in [0.15, 0.2) is 9.84 Å². The van der Waals surface area contributed by atoms with E-state index >= 15 is 0 Å². The molecule has 1 N–H and O–H groups in total. The molecule has 0 radical (unpaired) electrons. The summed E-state index contributed by atoms with van der Waals surface area (Å²) >= 11 is 0. The first-order valence-electron chi connectivity index (χ1n) is 8.24. The van der Waals surface area contributed by atoms with Gasteiger partial charge in [0.2, 0.25) is 5.91 Å². The second kappa shape index (κ2) is 9.04. The topological polar surface area (TPSA) is 66.5 Å². The van der Waals surface area contributed by atoms with Crippen molar-refractivity contribution in [3.05, 3.63) is 12.7 Å². The lowest BCUT2D eigenvalue weighted by Gasteiger charge is -2.32. The number of amides is 1. The molecule has 2 aliphatic heterocycles. The van der Waals surface area contributed by atoms with Crippen LogP contribution in [0.2, 0.25) is 0 Å². The van der Waals surface area contributed by atoms with Crippen LogP contribution in [0.25, 0.3) is 0 Å². The molecule has 0 aromatic rings. The minimum absolute atomic E-state index is 0. The molecule has 134 valence electrons. The summed E-state index contributed by atoms with van der Waals surface area (Å²) in [7, 11) is -2.98. The molecule has 0 bridgehead atoms. The van der Waals surface area contributed by atoms with Gasteiger partial charge < -0.3 is 10.2 Å². The van der Waals surface area contributed by atoms with Crippen molar-refractivity contribution in [2.45, 2.75) is 38.6 Å². The third kappa shape index (κ3) is 5.76. The fourth-order valence-electron chi connectivity index (χ4n) is 3.54. The third-order valence-corrected chi connectivity index (χ3v) is 6.68. The maximum Gasteiger partial charge on any atom is 0.223 e. The number of carbonyl (C=O) groups excluding carboxylic acids is 1. The molecule has 2 saturated heterocycles. The van der Waals surface area contributed by atoms with E-state index in [0.29, 0.717) is 31.2 Å². The van der Waals surface area contributed by atoms with Crippen LogP contribution in [0.15, 0.2) is 12.7 Å². The summed E-state index contributed by atoms with van der Waals surface area (Å²) in [4.78, 5) is 14.4. The van der Waals surface area contributed by atoms with E-state index in [1.807, 2.05) is 0 Å². The average molecular weight is 365 g/mol. The van der Waals surface area contributed by atoms with Crippen molar-refractivity contribution in [1.29, 1.82) is 0 Å². The molecule has 2 aliphatic rings. The van der Waals surface area contributed by atoms with Gasteiger partial charge in [-0.15, -0.1) is 19.0 Å². The molecule has 0 spiro atoms. The molecular weight excluding hydrogens is 336 g/mol. The van der Waals surface area contributed by atoms with Gasteiger partial charge in [0.25, 0.3) is 0 Å². The summed E-state index contributed by atoms with van der Waals surface area (Å²) in [5.41, 5.74) is 0. The minimum Gasteiger partial charge on any atom is -0.335 e. The highest BCUT2D eigenvalue weighted by atomic mass is 35.5. The van der Waals surface area contributed by atoms with Crippen LogP contribution in [0.1, 0.15) is 32.6 Å². The van der Waals surface area contributed by atoms with Gasteiger partial charge in [-0.05, 0) is 44.2 Å². The summed E-state index contributed by atoms with van der Waals surface area (Å²) < 4.78 is 23.3. The highest BCUT2D eigenvalue weighted by molar-refractivity contribution is 7.91. The smallest absolute Gasteiger partial charge is 0.223 e. The highest BCUT2D eigenvalue weighted by Crippen LogP contribution is 2.25. The van der Waals surface area contributed by atoms with Gasteiger partial charge in [0.05, 0.1) is 11.5 Å². The second-order valence-electron chi connectivity index (χ2n) is 6.68. The summed E-state index contributed by atoms with van der Waals surface area (Å²) in [5.74, 6) is 1.23. The molecular formula is C16H29ClN2O3S. The molecule has 0 saturated carbocycles. The largest absolute Gasteiger partial charge is 0.335 e. The first-order valence-corrected chi connectivity index (χ1v) is 10.1. The van der Waals surface area contributed by atoms with Gasteiger partial charge in [-0.2, -0.15) is 0 Å². The number of halogens is 1. The van der Waals surface area contributed by atoms with Crippen molar-refractivity contribution in [1.82, 2.24) is 10.2 Å². The molecule has 3 atom stereocenters. The van der Waals surface area contributed by atoms with E-state index in [1.165, 1.54) is 12.8 Å². The lowest BCUT2D eigenvalue weighted by molar-refractivity contribution is -0.133. The van der Waals surface area contributed by atoms with Crippen molar-refractivity contribution in [3.63, 3.8) is 0 Å². The van der Waals surface area contributed by atoms with E-state index < -0.39 is 9.84 Å². The monoisotopic (exact) mass is 364 g/mol. The molecule has 0 aromatic heterocycles. The molecule has 1 amide bonds. The van der Waals surface area contributed by atoms with Gasteiger partial charge in [-0.25, -0.2) is 8.42 Å². The molecule has 7 heteroatoms. The molecule has 3 unspecified atom stereocenters. The summed E-state index contributed by atoms with van der Waals surface area (Å²) in [6.45, 7) is 8.33. The van der Waals surface area contributed by atoms with E-state index in [-0.39, 0.29) is 35.9 Å². The second-order valence-corrected chi connectivity index (χ2v) is 8.91. The van der Waals surface area contributed by atoms with Gasteiger partial charge >= 0.3 is 0 Å². The normalized spacial score (nSPS) is 27.7. The number of carbonyl (C=O) groups is 1. The van der Waals surface area contributed by atoms with Crippen LogP contribution < -0.4 is 5.32 Å². The van der Waals surface area contributed by atoms with Crippen molar-refractivity contribution in [2.75, 3.05) is 31.1 Å². The Bertz CT molecular complexity index is 503. The van der Waals surface area contributed by atoms with Crippen LogP contribution in [-0.4, -0.2) is 56.4 Å². The minimum atomic E-state index is -2.98. The maximum atomic E-state index is 12.6. The summed E-state index contributed by atoms with van der Waals surface area (Å²) in [6.07, 6.45) is 5.08. The Labute approximate surface area is 146 Å². The number of sulfone groups is 1. The van der Waals surface area contributed by atoms with Crippen molar-refractivity contribution in [2.24, 2.45) is 11.8 Å². The van der Waals surface area contributed by atoms with Crippen LogP contribution in [-0.2, 0) is 14.6 Å². The van der Waals surface area contributed by atoms with Gasteiger partial charge in [-0.3, -0.25) is 4.79 Å². The van der Waals surface area contributed by atoms with E-state index in [4.69, 9.17) is 0 Å². The summed E-state index contributed by atoms with van der Waals surface area (Å²) in [6, 6.07) is -0.174. The fraction of sp³-hybridized carbons (Fsp3) is 0.812. The van der Waals surface area contributed by atoms with Gasteiger partial charge in [0.1, 0.15) is 0 Å². The number of rotatable bonds is 6. The van der Waals surface area contributed by atoms with E-state index in [1.54, 1.807) is 11.0 Å². The Morgan fingerprint density at radius 1 is 1.43 bits per heavy atom. The Kier molecular flexibility index (Phi) is 8.04. The number of nitrogens with one attached hydrogen (secondary N) is 1. The van der Waals surface area contributed by atoms with Crippen molar-refractivity contribution < 1.29 is 13.2 Å². The van der Waals surface area contributed by atoms with Crippen LogP contribution in [0.4, 0.5) is 0 Å². The first kappa shape index (κ1) is 20.5. The number of hydrogen-bond acceptors (Lipinski definition) is 4. The van der Waals surface area contributed by atoms with Crippen LogP contribution in [0.3, 0.4) is 0 Å². The predicted molar refractivity (Wildman–Crippen MR) is 95.6 cm³/mol. The van der Waals surface area contributed by atoms with Crippen LogP contribution in [0.5, 0.6) is 0 Å². The first-order chi connectivity index (χ1) is 10.4. The zero-order valence-electron chi connectivity index (χ0n) is 13.9. The number of nitrogens with zero attached hydrogens (tertiary/aromatic N) is 1. The average Bonchev–Trinajstić information content (AvgIpc) is 2.85. The standard InChI is InChI=1S/C16H28N2O3S.ClH/c1-3-8-18(15-6-9-22(20,21)12-15)16(19)10-13(2)14-5-4-7-17-11-14;/h3,13-15,17H,1,4-12H2,2H3;1H. The lowest BCUT2D eigenvalue weighted by Crippen LogP contribution is -2.43. The van der Waals surface area contributed by atoms with E-state index in [2.05, 4.69) is 18.8 Å². The fourth-order valence-corrected chi connectivity index (χ4v) is 5.27. The maximum absolute atomic E-state index is 12.6. The molecule has 0 aromatic carbocycles. The Balaban J connectivity index is 0.00000264. The van der Waals surface area contributed by atoms with Crippen molar-refractivity contribution >= 4 is 28.2 Å². The Morgan fingerprint density at radius 3 is 2.70 bits per heavy atom. The van der Waals surface area contributed by atoms with Gasteiger partial charge in [0, 0.05) is 19.0 Å². The summed E-state index contributed by atoms with van der Waals surface area (Å²) in [5, 5.41) is 3.39. The van der Waals surface area contributed by atoms with Crippen LogP contribution >= 0.6 is 12.4 Å². The van der Waals surface area contributed by atoms with Crippen molar-refractivity contribution in [3.8, 4) is 0 Å². The predicted octanol–water partition coefficient (Wildman–Crippen LogP) is 1.64. The highest BCUT2D eigenvalue weighted by Gasteiger charge is 2.35. The lowest BCUT2D eigenvalue weighted by atomic mass is 9.85.